The summed E-state index contributed by atoms with van der Waals surface area (Å²) in [5.74, 6) is -0.0299. The van der Waals surface area contributed by atoms with Crippen LogP contribution < -0.4 is 4.72 Å². The van der Waals surface area contributed by atoms with Crippen LogP contribution in [0.2, 0.25) is 0 Å². The number of amides is 1. The van der Waals surface area contributed by atoms with Crippen molar-refractivity contribution in [2.75, 3.05) is 19.6 Å². The number of nitrogens with one attached hydrogen (secondary N) is 1. The minimum atomic E-state index is -3.54. The topological polar surface area (TPSA) is 66.5 Å². The molecular formula is C15H20N2O3S. The molecular weight excluding hydrogens is 288 g/mol. The number of likely N-dealkylation sites (tertiary alicyclic amines) is 1. The minimum absolute atomic E-state index is 0.0299. The third-order valence-corrected chi connectivity index (χ3v) is 4.91. The number of carbonyl (C=O) groups is 1. The van der Waals surface area contributed by atoms with Gasteiger partial charge in [-0.05, 0) is 43.5 Å². The molecule has 1 aromatic rings. The van der Waals surface area contributed by atoms with Crippen molar-refractivity contribution in [1.82, 2.24) is 9.62 Å². The van der Waals surface area contributed by atoms with E-state index in [-0.39, 0.29) is 17.3 Å². The number of piperidine rings is 1. The van der Waals surface area contributed by atoms with Crippen LogP contribution in [-0.2, 0) is 10.0 Å². The Kier molecular flexibility index (Phi) is 5.14. The molecule has 1 aliphatic heterocycles. The highest BCUT2D eigenvalue weighted by molar-refractivity contribution is 7.89. The zero-order valence-electron chi connectivity index (χ0n) is 11.9. The van der Waals surface area contributed by atoms with E-state index in [1.807, 2.05) is 4.90 Å². The average molecular weight is 308 g/mol. The number of benzene rings is 1. The second-order valence-electron chi connectivity index (χ2n) is 5.02. The second-order valence-corrected chi connectivity index (χ2v) is 6.78. The Morgan fingerprint density at radius 2 is 1.81 bits per heavy atom. The number of nitrogens with zero attached hydrogens (tertiary/aromatic N) is 1. The van der Waals surface area contributed by atoms with E-state index in [4.69, 9.17) is 0 Å². The largest absolute Gasteiger partial charge is 0.339 e. The summed E-state index contributed by atoms with van der Waals surface area (Å²) in [6.45, 7) is 5.20. The summed E-state index contributed by atoms with van der Waals surface area (Å²) in [6.07, 6.45) is 4.70. The Labute approximate surface area is 125 Å². The first kappa shape index (κ1) is 15.7. The smallest absolute Gasteiger partial charge is 0.253 e. The van der Waals surface area contributed by atoms with Crippen molar-refractivity contribution in [2.45, 2.75) is 24.2 Å². The third kappa shape index (κ3) is 3.92. The maximum absolute atomic E-state index is 12.3. The van der Waals surface area contributed by atoms with Crippen LogP contribution in [0.3, 0.4) is 0 Å². The minimum Gasteiger partial charge on any atom is -0.339 e. The van der Waals surface area contributed by atoms with Gasteiger partial charge < -0.3 is 4.90 Å². The molecule has 2 rings (SSSR count). The fourth-order valence-electron chi connectivity index (χ4n) is 2.31. The predicted octanol–water partition coefficient (Wildman–Crippen LogP) is 1.78. The van der Waals surface area contributed by atoms with Gasteiger partial charge in [-0.2, -0.15) is 0 Å². The standard InChI is InChI=1S/C15H20N2O3S/c1-2-10-16-21(19,20)14-8-6-13(7-9-14)15(18)17-11-4-3-5-12-17/h2,6-9,16H,1,3-5,10-12H2. The number of rotatable bonds is 5. The molecule has 5 nitrogen and oxygen atoms in total. The maximum atomic E-state index is 12.3. The van der Waals surface area contributed by atoms with Crippen molar-refractivity contribution < 1.29 is 13.2 Å². The monoisotopic (exact) mass is 308 g/mol. The van der Waals surface area contributed by atoms with Gasteiger partial charge in [-0.25, -0.2) is 13.1 Å². The average Bonchev–Trinajstić information content (AvgIpc) is 2.53. The zero-order chi connectivity index (χ0) is 15.3. The van der Waals surface area contributed by atoms with Crippen molar-refractivity contribution in [2.24, 2.45) is 0 Å². The van der Waals surface area contributed by atoms with Gasteiger partial charge in [-0.15, -0.1) is 6.58 Å². The van der Waals surface area contributed by atoms with Crippen LogP contribution in [0.5, 0.6) is 0 Å². The number of carbonyl (C=O) groups excluding carboxylic acids is 1. The van der Waals surface area contributed by atoms with Crippen LogP contribution in [0.4, 0.5) is 0 Å². The molecule has 21 heavy (non-hydrogen) atoms. The van der Waals surface area contributed by atoms with Crippen LogP contribution >= 0.6 is 0 Å². The van der Waals surface area contributed by atoms with Gasteiger partial charge in [0.15, 0.2) is 0 Å². The molecule has 0 saturated carbocycles. The van der Waals surface area contributed by atoms with Gasteiger partial charge in [-0.1, -0.05) is 6.08 Å². The molecule has 1 heterocycles. The van der Waals surface area contributed by atoms with Crippen molar-refractivity contribution in [3.05, 3.63) is 42.5 Å². The van der Waals surface area contributed by atoms with Crippen molar-refractivity contribution in [3.8, 4) is 0 Å². The second kappa shape index (κ2) is 6.87. The van der Waals surface area contributed by atoms with Gasteiger partial charge in [0.25, 0.3) is 5.91 Å². The predicted molar refractivity (Wildman–Crippen MR) is 81.6 cm³/mol. The molecule has 0 bridgehead atoms. The van der Waals surface area contributed by atoms with E-state index >= 15 is 0 Å². The summed E-state index contributed by atoms with van der Waals surface area (Å²) in [4.78, 5) is 14.3. The van der Waals surface area contributed by atoms with E-state index < -0.39 is 10.0 Å². The molecule has 0 aliphatic carbocycles. The fourth-order valence-corrected chi connectivity index (χ4v) is 3.31. The van der Waals surface area contributed by atoms with E-state index in [0.29, 0.717) is 5.56 Å². The van der Waals surface area contributed by atoms with Gasteiger partial charge in [0.05, 0.1) is 4.90 Å². The lowest BCUT2D eigenvalue weighted by Gasteiger charge is -2.26. The van der Waals surface area contributed by atoms with Crippen LogP contribution in [0.25, 0.3) is 0 Å². The first-order chi connectivity index (χ1) is 10.0. The van der Waals surface area contributed by atoms with Gasteiger partial charge in [0.1, 0.15) is 0 Å². The summed E-state index contributed by atoms with van der Waals surface area (Å²) in [5.41, 5.74) is 0.527. The molecule has 0 aromatic heterocycles. The molecule has 1 aliphatic rings. The number of hydrogen-bond acceptors (Lipinski definition) is 3. The van der Waals surface area contributed by atoms with Crippen molar-refractivity contribution in [3.63, 3.8) is 0 Å². The summed E-state index contributed by atoms with van der Waals surface area (Å²) in [5, 5.41) is 0. The Balaban J connectivity index is 2.11. The van der Waals surface area contributed by atoms with E-state index in [1.54, 1.807) is 12.1 Å². The lowest BCUT2D eigenvalue weighted by molar-refractivity contribution is 0.0724. The van der Waals surface area contributed by atoms with Gasteiger partial charge in [-0.3, -0.25) is 4.79 Å². The van der Waals surface area contributed by atoms with Crippen molar-refractivity contribution >= 4 is 15.9 Å². The molecule has 0 spiro atoms. The van der Waals surface area contributed by atoms with Gasteiger partial charge in [0.2, 0.25) is 10.0 Å². The van der Waals surface area contributed by atoms with Gasteiger partial charge >= 0.3 is 0 Å². The molecule has 6 heteroatoms. The van der Waals surface area contributed by atoms with Crippen LogP contribution in [-0.4, -0.2) is 38.9 Å². The molecule has 114 valence electrons. The lowest BCUT2D eigenvalue weighted by Crippen LogP contribution is -2.35. The molecule has 1 amide bonds. The summed E-state index contributed by atoms with van der Waals surface area (Å²) < 4.78 is 26.2. The van der Waals surface area contributed by atoms with E-state index in [1.165, 1.54) is 18.2 Å². The molecule has 1 aromatic carbocycles. The summed E-state index contributed by atoms with van der Waals surface area (Å²) in [7, 11) is -3.54. The molecule has 1 saturated heterocycles. The van der Waals surface area contributed by atoms with Crippen LogP contribution in [0.15, 0.2) is 41.8 Å². The fraction of sp³-hybridized carbons (Fsp3) is 0.400. The summed E-state index contributed by atoms with van der Waals surface area (Å²) in [6, 6.07) is 6.06. The zero-order valence-corrected chi connectivity index (χ0v) is 12.7. The SMILES string of the molecule is C=CCNS(=O)(=O)c1ccc(C(=O)N2CCCCC2)cc1. The number of hydrogen-bond donors (Lipinski definition) is 1. The highest BCUT2D eigenvalue weighted by Gasteiger charge is 2.19. The lowest BCUT2D eigenvalue weighted by atomic mass is 10.1. The highest BCUT2D eigenvalue weighted by Crippen LogP contribution is 2.15. The highest BCUT2D eigenvalue weighted by atomic mass is 32.2. The Bertz CT molecular complexity index is 602. The van der Waals surface area contributed by atoms with Crippen LogP contribution in [0.1, 0.15) is 29.6 Å². The Morgan fingerprint density at radius 1 is 1.19 bits per heavy atom. The first-order valence-electron chi connectivity index (χ1n) is 7.04. The summed E-state index contributed by atoms with van der Waals surface area (Å²) >= 11 is 0. The van der Waals surface area contributed by atoms with Crippen molar-refractivity contribution in [1.29, 1.82) is 0 Å². The molecule has 0 unspecified atom stereocenters. The van der Waals surface area contributed by atoms with Crippen LogP contribution in [0, 0.1) is 0 Å². The Hall–Kier alpha value is -1.66. The number of sulfonamides is 1. The molecule has 1 N–H and O–H groups in total. The van der Waals surface area contributed by atoms with Gasteiger partial charge in [0, 0.05) is 25.2 Å². The van der Waals surface area contributed by atoms with E-state index in [2.05, 4.69) is 11.3 Å². The van der Waals surface area contributed by atoms with E-state index in [0.717, 1.165) is 32.4 Å². The third-order valence-electron chi connectivity index (χ3n) is 3.47. The Morgan fingerprint density at radius 3 is 2.38 bits per heavy atom. The first-order valence-corrected chi connectivity index (χ1v) is 8.53. The quantitative estimate of drug-likeness (QED) is 0.843. The molecule has 0 radical (unpaired) electrons. The normalized spacial score (nSPS) is 15.7. The maximum Gasteiger partial charge on any atom is 0.253 e. The van der Waals surface area contributed by atoms with E-state index in [9.17, 15) is 13.2 Å². The molecule has 1 fully saturated rings. The molecule has 0 atom stereocenters.